The predicted molar refractivity (Wildman–Crippen MR) is 74.2 cm³/mol. The lowest BCUT2D eigenvalue weighted by Gasteiger charge is -2.02. The fourth-order valence-electron chi connectivity index (χ4n) is 1.43. The maximum Gasteiger partial charge on any atom is 0.357 e. The number of hydrogen-bond donors (Lipinski definition) is 0. The molecular weight excluding hydrogens is 266 g/mol. The molecule has 0 saturated carbocycles. The van der Waals surface area contributed by atoms with Gasteiger partial charge < -0.3 is 4.74 Å². The van der Waals surface area contributed by atoms with Crippen LogP contribution >= 0.6 is 23.1 Å². The van der Waals surface area contributed by atoms with E-state index in [0.717, 1.165) is 10.8 Å². The number of carbonyl (C=O) groups excluding carboxylic acids is 1. The number of methoxy groups -OCH3 is 1. The molecule has 0 aliphatic rings. The fourth-order valence-corrected chi connectivity index (χ4v) is 3.24. The summed E-state index contributed by atoms with van der Waals surface area (Å²) in [5.74, 6) is 0.394. The average Bonchev–Trinajstić information content (AvgIpc) is 2.86. The minimum atomic E-state index is -0.376. The van der Waals surface area contributed by atoms with Crippen LogP contribution in [0.2, 0.25) is 0 Å². The molecule has 5 heteroatoms. The number of aromatic nitrogens is 1. The second-order valence-electron chi connectivity index (χ2n) is 3.67. The Morgan fingerprint density at radius 3 is 2.94 bits per heavy atom. The SMILES string of the molecule is COC(=O)c1csc(CSc2ccccc2C)n1. The molecular formula is C13H13NO2S2. The van der Waals surface area contributed by atoms with Gasteiger partial charge in [0.25, 0.3) is 0 Å². The number of thioether (sulfide) groups is 1. The predicted octanol–water partition coefficient (Wildman–Crippen LogP) is 3.53. The lowest BCUT2D eigenvalue weighted by atomic mass is 10.2. The highest BCUT2D eigenvalue weighted by Crippen LogP contribution is 2.27. The van der Waals surface area contributed by atoms with Crippen LogP contribution in [0.4, 0.5) is 0 Å². The Morgan fingerprint density at radius 1 is 1.44 bits per heavy atom. The molecule has 0 amide bonds. The van der Waals surface area contributed by atoms with Crippen LogP contribution < -0.4 is 0 Å². The van der Waals surface area contributed by atoms with Crippen molar-refractivity contribution >= 4 is 29.1 Å². The molecule has 0 fully saturated rings. The summed E-state index contributed by atoms with van der Waals surface area (Å²) in [4.78, 5) is 16.8. The molecule has 18 heavy (non-hydrogen) atoms. The van der Waals surface area contributed by atoms with Gasteiger partial charge in [-0.2, -0.15) is 0 Å². The average molecular weight is 279 g/mol. The number of hydrogen-bond acceptors (Lipinski definition) is 5. The lowest BCUT2D eigenvalue weighted by Crippen LogP contribution is -2.01. The summed E-state index contributed by atoms with van der Waals surface area (Å²) in [6, 6.07) is 8.23. The maximum absolute atomic E-state index is 11.3. The number of ether oxygens (including phenoxy) is 1. The van der Waals surface area contributed by atoms with E-state index in [1.165, 1.54) is 28.9 Å². The standard InChI is InChI=1S/C13H13NO2S2/c1-9-5-3-4-6-11(9)17-8-12-14-10(7-18-12)13(15)16-2/h3-7H,8H2,1-2H3. The summed E-state index contributed by atoms with van der Waals surface area (Å²) >= 11 is 3.21. The highest BCUT2D eigenvalue weighted by atomic mass is 32.2. The van der Waals surface area contributed by atoms with Crippen molar-refractivity contribution in [1.82, 2.24) is 4.98 Å². The van der Waals surface area contributed by atoms with Gasteiger partial charge in [0.2, 0.25) is 0 Å². The van der Waals surface area contributed by atoms with Gasteiger partial charge in [-0.1, -0.05) is 18.2 Å². The van der Waals surface area contributed by atoms with Crippen molar-refractivity contribution < 1.29 is 9.53 Å². The molecule has 2 rings (SSSR count). The van der Waals surface area contributed by atoms with Crippen LogP contribution in [0.3, 0.4) is 0 Å². The third kappa shape index (κ3) is 3.11. The lowest BCUT2D eigenvalue weighted by molar-refractivity contribution is 0.0595. The van der Waals surface area contributed by atoms with E-state index < -0.39 is 0 Å². The zero-order valence-electron chi connectivity index (χ0n) is 10.2. The van der Waals surface area contributed by atoms with Crippen LogP contribution in [0.5, 0.6) is 0 Å². The summed E-state index contributed by atoms with van der Waals surface area (Å²) in [5.41, 5.74) is 1.65. The van der Waals surface area contributed by atoms with Gasteiger partial charge in [0.15, 0.2) is 5.69 Å². The van der Waals surface area contributed by atoms with Crippen molar-refractivity contribution in [2.75, 3.05) is 7.11 Å². The molecule has 1 aromatic heterocycles. The molecule has 0 radical (unpaired) electrons. The molecule has 3 nitrogen and oxygen atoms in total. The Kier molecular flexibility index (Phi) is 4.38. The molecule has 2 aromatic rings. The Hall–Kier alpha value is -1.33. The topological polar surface area (TPSA) is 39.2 Å². The van der Waals surface area contributed by atoms with E-state index in [-0.39, 0.29) is 5.97 Å². The third-order valence-corrected chi connectivity index (χ3v) is 4.61. The van der Waals surface area contributed by atoms with Crippen molar-refractivity contribution in [1.29, 1.82) is 0 Å². The van der Waals surface area contributed by atoms with E-state index in [0.29, 0.717) is 5.69 Å². The van der Waals surface area contributed by atoms with E-state index in [1.807, 2.05) is 12.1 Å². The first-order chi connectivity index (χ1) is 8.70. The van der Waals surface area contributed by atoms with E-state index in [2.05, 4.69) is 28.8 Å². The van der Waals surface area contributed by atoms with E-state index in [4.69, 9.17) is 0 Å². The molecule has 0 atom stereocenters. The largest absolute Gasteiger partial charge is 0.464 e. The third-order valence-electron chi connectivity index (χ3n) is 2.39. The van der Waals surface area contributed by atoms with Crippen molar-refractivity contribution in [3.63, 3.8) is 0 Å². The van der Waals surface area contributed by atoms with Crippen LogP contribution in [0.15, 0.2) is 34.5 Å². The first kappa shape index (κ1) is 13.1. The molecule has 0 N–H and O–H groups in total. The maximum atomic E-state index is 11.3. The molecule has 94 valence electrons. The van der Waals surface area contributed by atoms with Gasteiger partial charge in [-0.05, 0) is 18.6 Å². The first-order valence-corrected chi connectivity index (χ1v) is 7.28. The number of esters is 1. The first-order valence-electron chi connectivity index (χ1n) is 5.42. The van der Waals surface area contributed by atoms with Crippen LogP contribution in [0, 0.1) is 6.92 Å². The quantitative estimate of drug-likeness (QED) is 0.634. The number of carbonyl (C=O) groups is 1. The van der Waals surface area contributed by atoms with Gasteiger partial charge >= 0.3 is 5.97 Å². The van der Waals surface area contributed by atoms with E-state index in [1.54, 1.807) is 17.1 Å². The van der Waals surface area contributed by atoms with Crippen molar-refractivity contribution in [2.24, 2.45) is 0 Å². The van der Waals surface area contributed by atoms with Crippen molar-refractivity contribution in [3.05, 3.63) is 45.9 Å². The Labute approximate surface area is 114 Å². The number of nitrogens with zero attached hydrogens (tertiary/aromatic N) is 1. The number of benzene rings is 1. The Morgan fingerprint density at radius 2 is 2.22 bits per heavy atom. The fraction of sp³-hybridized carbons (Fsp3) is 0.231. The van der Waals surface area contributed by atoms with Gasteiger partial charge in [-0.25, -0.2) is 9.78 Å². The molecule has 0 spiro atoms. The second-order valence-corrected chi connectivity index (χ2v) is 5.63. The molecule has 0 saturated heterocycles. The Bertz CT molecular complexity index is 551. The highest BCUT2D eigenvalue weighted by Gasteiger charge is 2.10. The smallest absolute Gasteiger partial charge is 0.357 e. The van der Waals surface area contributed by atoms with E-state index in [9.17, 15) is 4.79 Å². The van der Waals surface area contributed by atoms with Crippen LogP contribution in [0.25, 0.3) is 0 Å². The summed E-state index contributed by atoms with van der Waals surface area (Å²) in [5, 5.41) is 2.67. The number of thiazole rings is 1. The zero-order valence-corrected chi connectivity index (χ0v) is 11.8. The summed E-state index contributed by atoms with van der Waals surface area (Å²) in [7, 11) is 1.36. The van der Waals surface area contributed by atoms with Gasteiger partial charge in [0.1, 0.15) is 5.01 Å². The summed E-state index contributed by atoms with van der Waals surface area (Å²) < 4.78 is 4.63. The molecule has 0 bridgehead atoms. The molecule has 1 aromatic carbocycles. The molecule has 0 unspecified atom stereocenters. The van der Waals surface area contributed by atoms with E-state index >= 15 is 0 Å². The molecule has 1 heterocycles. The van der Waals surface area contributed by atoms with Gasteiger partial charge in [-0.15, -0.1) is 23.1 Å². The highest BCUT2D eigenvalue weighted by molar-refractivity contribution is 7.98. The summed E-state index contributed by atoms with van der Waals surface area (Å²) in [6.45, 7) is 2.09. The zero-order chi connectivity index (χ0) is 13.0. The minimum absolute atomic E-state index is 0.376. The number of aryl methyl sites for hydroxylation is 1. The molecule has 0 aliphatic heterocycles. The van der Waals surface area contributed by atoms with Crippen molar-refractivity contribution in [3.8, 4) is 0 Å². The van der Waals surface area contributed by atoms with Gasteiger partial charge in [0, 0.05) is 10.3 Å². The van der Waals surface area contributed by atoms with Gasteiger partial charge in [0.05, 0.1) is 12.9 Å². The minimum Gasteiger partial charge on any atom is -0.464 e. The number of rotatable bonds is 4. The Balaban J connectivity index is 2.01. The summed E-state index contributed by atoms with van der Waals surface area (Å²) in [6.07, 6.45) is 0. The monoisotopic (exact) mass is 279 g/mol. The van der Waals surface area contributed by atoms with Crippen LogP contribution in [0.1, 0.15) is 21.1 Å². The van der Waals surface area contributed by atoms with Crippen LogP contribution in [-0.4, -0.2) is 18.1 Å². The van der Waals surface area contributed by atoms with Crippen molar-refractivity contribution in [2.45, 2.75) is 17.6 Å². The normalized spacial score (nSPS) is 10.3. The molecule has 0 aliphatic carbocycles. The second kappa shape index (κ2) is 6.02. The van der Waals surface area contributed by atoms with Crippen LogP contribution in [-0.2, 0) is 10.5 Å². The van der Waals surface area contributed by atoms with Gasteiger partial charge in [-0.3, -0.25) is 0 Å².